The maximum Gasteiger partial charge on any atom is 0.332 e. The van der Waals surface area contributed by atoms with Crippen molar-refractivity contribution in [2.75, 3.05) is 0 Å². The number of carboxylic acids is 1. The lowest BCUT2D eigenvalue weighted by Gasteiger charge is -2.05. The highest BCUT2D eigenvalue weighted by Gasteiger charge is 2.13. The fourth-order valence-electron chi connectivity index (χ4n) is 0.558. The largest absolute Gasteiger partial charge is 0.479 e. The van der Waals surface area contributed by atoms with E-state index in [1.807, 2.05) is 0 Å². The molecular weight excluding hydrogens is 216 g/mol. The van der Waals surface area contributed by atoms with Crippen LogP contribution < -0.4 is 0 Å². The normalized spacial score (nSPS) is 12.8. The van der Waals surface area contributed by atoms with Gasteiger partial charge in [0.05, 0.1) is 6.61 Å². The summed E-state index contributed by atoms with van der Waals surface area (Å²) in [7, 11) is 0. The first-order valence-electron chi connectivity index (χ1n) is 3.42. The van der Waals surface area contributed by atoms with Crippen LogP contribution in [0.1, 0.15) is 12.6 Å². The number of aromatic nitrogens is 2. The van der Waals surface area contributed by atoms with E-state index >= 15 is 0 Å². The van der Waals surface area contributed by atoms with Crippen molar-refractivity contribution < 1.29 is 14.6 Å². The number of rotatable bonds is 4. The predicted octanol–water partition coefficient (Wildman–Crippen LogP) is 1.18. The molecule has 7 heteroatoms. The molecule has 0 saturated heterocycles. The van der Waals surface area contributed by atoms with Gasteiger partial charge in [-0.2, -0.15) is 0 Å². The zero-order chi connectivity index (χ0) is 9.84. The fourth-order valence-corrected chi connectivity index (χ4v) is 1.16. The number of hydrogen-bond acceptors (Lipinski definition) is 5. The van der Waals surface area contributed by atoms with E-state index in [4.69, 9.17) is 21.4 Å². The average molecular weight is 223 g/mol. The Labute approximate surface area is 83.5 Å². The Morgan fingerprint density at radius 2 is 2.54 bits per heavy atom. The number of halogens is 1. The summed E-state index contributed by atoms with van der Waals surface area (Å²) in [5.74, 6) is -1.01. The molecule has 0 spiro atoms. The number of hydrogen-bond donors (Lipinski definition) is 1. The third-order valence-corrected chi connectivity index (χ3v) is 2.31. The minimum atomic E-state index is -1.01. The summed E-state index contributed by atoms with van der Waals surface area (Å²) in [5.41, 5.74) is 0.472. The molecule has 1 aromatic heterocycles. The van der Waals surface area contributed by atoms with Gasteiger partial charge >= 0.3 is 5.97 Å². The zero-order valence-electron chi connectivity index (χ0n) is 6.73. The van der Waals surface area contributed by atoms with Crippen LogP contribution in [0.3, 0.4) is 0 Å². The van der Waals surface area contributed by atoms with Crippen molar-refractivity contribution in [3.8, 4) is 0 Å². The van der Waals surface area contributed by atoms with Gasteiger partial charge in [-0.05, 0) is 6.92 Å². The highest BCUT2D eigenvalue weighted by atomic mass is 35.5. The lowest BCUT2D eigenvalue weighted by atomic mass is 10.4. The van der Waals surface area contributed by atoms with Crippen molar-refractivity contribution in [2.45, 2.75) is 19.6 Å². The van der Waals surface area contributed by atoms with E-state index in [0.717, 1.165) is 11.5 Å². The van der Waals surface area contributed by atoms with Crippen molar-refractivity contribution in [3.05, 3.63) is 10.0 Å². The van der Waals surface area contributed by atoms with Crippen LogP contribution in [0, 0.1) is 0 Å². The van der Waals surface area contributed by atoms with Gasteiger partial charge in [0.15, 0.2) is 6.10 Å². The minimum absolute atomic E-state index is 0.0722. The van der Waals surface area contributed by atoms with Gasteiger partial charge in [-0.25, -0.2) is 4.79 Å². The summed E-state index contributed by atoms with van der Waals surface area (Å²) in [5, 5.41) is 12.2. The molecule has 0 aliphatic carbocycles. The smallest absolute Gasteiger partial charge is 0.332 e. The topological polar surface area (TPSA) is 72.3 Å². The van der Waals surface area contributed by atoms with Crippen molar-refractivity contribution in [1.82, 2.24) is 9.59 Å². The summed E-state index contributed by atoms with van der Waals surface area (Å²) >= 11 is 6.71. The summed E-state index contributed by atoms with van der Waals surface area (Å²) in [6.45, 7) is 1.51. The summed E-state index contributed by atoms with van der Waals surface area (Å²) in [6, 6.07) is 0. The minimum Gasteiger partial charge on any atom is -0.479 e. The van der Waals surface area contributed by atoms with Gasteiger partial charge in [-0.1, -0.05) is 16.1 Å². The molecule has 1 atom stereocenters. The molecule has 0 fully saturated rings. The molecule has 1 N–H and O–H groups in total. The Hall–Kier alpha value is -0.720. The van der Waals surface area contributed by atoms with Crippen molar-refractivity contribution in [2.24, 2.45) is 0 Å². The molecule has 0 radical (unpaired) electrons. The second kappa shape index (κ2) is 4.50. The molecule has 0 aromatic carbocycles. The van der Waals surface area contributed by atoms with Crippen LogP contribution in [-0.2, 0) is 16.1 Å². The molecule has 0 amide bonds. The van der Waals surface area contributed by atoms with Crippen LogP contribution in [0.25, 0.3) is 0 Å². The van der Waals surface area contributed by atoms with Crippen LogP contribution >= 0.6 is 23.1 Å². The van der Waals surface area contributed by atoms with Crippen molar-refractivity contribution in [1.29, 1.82) is 0 Å². The number of nitrogens with zero attached hydrogens (tertiary/aromatic N) is 2. The first kappa shape index (κ1) is 10.4. The molecule has 0 aliphatic heterocycles. The van der Waals surface area contributed by atoms with Gasteiger partial charge in [-0.3, -0.25) is 0 Å². The van der Waals surface area contributed by atoms with E-state index < -0.39 is 12.1 Å². The van der Waals surface area contributed by atoms with Crippen LogP contribution in [0.5, 0.6) is 0 Å². The molecule has 72 valence electrons. The molecule has 5 nitrogen and oxygen atoms in total. The predicted molar refractivity (Wildman–Crippen MR) is 46.8 cm³/mol. The Bertz CT molecular complexity index is 304. The molecule has 1 heterocycles. The SMILES string of the molecule is C[C@H](OCc1nnsc1Cl)C(=O)O. The Kier molecular flexibility index (Phi) is 3.58. The van der Waals surface area contributed by atoms with Gasteiger partial charge in [0, 0.05) is 11.5 Å². The Morgan fingerprint density at radius 3 is 3.00 bits per heavy atom. The summed E-state index contributed by atoms with van der Waals surface area (Å²) in [6.07, 6.45) is -0.863. The quantitative estimate of drug-likeness (QED) is 0.828. The maximum atomic E-state index is 10.4. The van der Waals surface area contributed by atoms with Gasteiger partial charge in [-0.15, -0.1) is 5.10 Å². The second-order valence-electron chi connectivity index (χ2n) is 2.28. The van der Waals surface area contributed by atoms with E-state index in [2.05, 4.69) is 9.59 Å². The highest BCUT2D eigenvalue weighted by molar-refractivity contribution is 7.10. The second-order valence-corrected chi connectivity index (χ2v) is 3.64. The number of ether oxygens (including phenoxy) is 1. The molecular formula is C6H7ClN2O3S. The van der Waals surface area contributed by atoms with E-state index in [0.29, 0.717) is 10.0 Å². The fraction of sp³-hybridized carbons (Fsp3) is 0.500. The summed E-state index contributed by atoms with van der Waals surface area (Å²) in [4.78, 5) is 10.4. The Morgan fingerprint density at radius 1 is 1.85 bits per heavy atom. The van der Waals surface area contributed by atoms with E-state index in [9.17, 15) is 4.79 Å². The molecule has 1 aromatic rings. The molecule has 0 bridgehead atoms. The van der Waals surface area contributed by atoms with Gasteiger partial charge < -0.3 is 9.84 Å². The number of carboxylic acid groups (broad SMARTS) is 1. The lowest BCUT2D eigenvalue weighted by molar-refractivity contribution is -0.149. The van der Waals surface area contributed by atoms with Crippen molar-refractivity contribution >= 4 is 29.1 Å². The van der Waals surface area contributed by atoms with Crippen LogP contribution in [-0.4, -0.2) is 26.8 Å². The zero-order valence-corrected chi connectivity index (χ0v) is 8.30. The van der Waals surface area contributed by atoms with Crippen molar-refractivity contribution in [3.63, 3.8) is 0 Å². The van der Waals surface area contributed by atoms with E-state index in [1.165, 1.54) is 6.92 Å². The lowest BCUT2D eigenvalue weighted by Crippen LogP contribution is -2.19. The molecule has 0 saturated carbocycles. The average Bonchev–Trinajstić information content (AvgIpc) is 2.47. The number of aliphatic carboxylic acids is 1. The van der Waals surface area contributed by atoms with Gasteiger partial charge in [0.2, 0.25) is 0 Å². The van der Waals surface area contributed by atoms with E-state index in [-0.39, 0.29) is 6.61 Å². The molecule has 13 heavy (non-hydrogen) atoms. The number of carbonyl (C=O) groups is 1. The molecule has 0 unspecified atom stereocenters. The standard InChI is InChI=1S/C6H7ClN2O3S/c1-3(6(10)11)12-2-4-5(7)13-9-8-4/h3H,2H2,1H3,(H,10,11)/t3-/m0/s1. The van der Waals surface area contributed by atoms with Gasteiger partial charge in [0.1, 0.15) is 10.0 Å². The maximum absolute atomic E-state index is 10.4. The highest BCUT2D eigenvalue weighted by Crippen LogP contribution is 2.18. The molecule has 0 aliphatic rings. The van der Waals surface area contributed by atoms with Crippen LogP contribution in [0.2, 0.25) is 4.34 Å². The van der Waals surface area contributed by atoms with Crippen LogP contribution in [0.15, 0.2) is 0 Å². The third-order valence-electron chi connectivity index (χ3n) is 1.33. The van der Waals surface area contributed by atoms with E-state index in [1.54, 1.807) is 0 Å². The monoisotopic (exact) mass is 222 g/mol. The molecule has 1 rings (SSSR count). The first-order valence-corrected chi connectivity index (χ1v) is 4.57. The first-order chi connectivity index (χ1) is 6.11. The summed E-state index contributed by atoms with van der Waals surface area (Å²) < 4.78 is 8.95. The third kappa shape index (κ3) is 2.91. The van der Waals surface area contributed by atoms with Gasteiger partial charge in [0.25, 0.3) is 0 Å². The van der Waals surface area contributed by atoms with Crippen LogP contribution in [0.4, 0.5) is 0 Å². The Balaban J connectivity index is 2.44.